The number of carbonyl (C=O) groups is 2. The molecule has 0 rings (SSSR count). The number of carbonyl (C=O) groups excluding carboxylic acids is 2. The van der Waals surface area contributed by atoms with E-state index in [0.717, 1.165) is 64.2 Å². The minimum atomic E-state index is -4.88. The van der Waals surface area contributed by atoms with Crippen LogP contribution in [0, 0.1) is 5.92 Å². The lowest BCUT2D eigenvalue weighted by Gasteiger charge is -2.20. The smallest absolute Gasteiger partial charge is 0.462 e. The molecule has 1 unspecified atom stereocenters. The molecule has 0 spiro atoms. The maximum absolute atomic E-state index is 12.6. The van der Waals surface area contributed by atoms with Gasteiger partial charge in [0.2, 0.25) is 0 Å². The molecular formula is C37H72O15P2. The van der Waals surface area contributed by atoms with Gasteiger partial charge in [0, 0.05) is 12.8 Å². The highest BCUT2D eigenvalue weighted by Gasteiger charge is 2.28. The number of phosphoric ester groups is 2. The molecule has 0 aromatic heterocycles. The number of allylic oxidation sites excluding steroid dienone is 1. The summed E-state index contributed by atoms with van der Waals surface area (Å²) in [6.45, 7) is 3.74. The van der Waals surface area contributed by atoms with Gasteiger partial charge in [-0.1, -0.05) is 116 Å². The van der Waals surface area contributed by atoms with E-state index >= 15 is 0 Å². The van der Waals surface area contributed by atoms with Gasteiger partial charge in [-0.2, -0.15) is 0 Å². The normalized spacial score (nSPS) is 15.6. The third-order valence-corrected chi connectivity index (χ3v) is 9.96. The molecule has 5 atom stereocenters. The van der Waals surface area contributed by atoms with Gasteiger partial charge in [0.15, 0.2) is 6.10 Å². The average Bonchev–Trinajstić information content (AvgIpc) is 3.10. The number of aliphatic hydroxyl groups excluding tert-OH is 3. The zero-order valence-electron chi connectivity index (χ0n) is 33.0. The molecule has 17 heteroatoms. The molecule has 0 radical (unpaired) electrons. The van der Waals surface area contributed by atoms with E-state index in [9.17, 15) is 38.9 Å². The molecule has 0 saturated heterocycles. The summed E-state index contributed by atoms with van der Waals surface area (Å²) in [5.41, 5.74) is 0. The van der Waals surface area contributed by atoms with Gasteiger partial charge in [0.05, 0.1) is 32.0 Å². The van der Waals surface area contributed by atoms with E-state index in [1.54, 1.807) is 0 Å². The number of esters is 2. The largest absolute Gasteiger partial charge is 0.472 e. The van der Waals surface area contributed by atoms with Crippen LogP contribution in [0.25, 0.3) is 0 Å². The zero-order valence-corrected chi connectivity index (χ0v) is 34.8. The monoisotopic (exact) mass is 818 g/mol. The van der Waals surface area contributed by atoms with Crippen LogP contribution in [0.4, 0.5) is 0 Å². The highest BCUT2D eigenvalue weighted by molar-refractivity contribution is 7.47. The van der Waals surface area contributed by atoms with Crippen molar-refractivity contribution in [2.45, 2.75) is 180 Å². The molecule has 0 saturated carbocycles. The van der Waals surface area contributed by atoms with Gasteiger partial charge in [-0.15, -0.1) is 0 Å². The van der Waals surface area contributed by atoms with Gasteiger partial charge < -0.3 is 39.5 Å². The summed E-state index contributed by atoms with van der Waals surface area (Å²) < 4.78 is 47.5. The Morgan fingerprint density at radius 1 is 0.611 bits per heavy atom. The fourth-order valence-electron chi connectivity index (χ4n) is 5.32. The van der Waals surface area contributed by atoms with Crippen molar-refractivity contribution in [1.29, 1.82) is 0 Å². The van der Waals surface area contributed by atoms with Crippen molar-refractivity contribution in [3.05, 3.63) is 12.2 Å². The van der Waals surface area contributed by atoms with Crippen molar-refractivity contribution >= 4 is 27.6 Å². The summed E-state index contributed by atoms with van der Waals surface area (Å²) >= 11 is 0. The van der Waals surface area contributed by atoms with Crippen LogP contribution < -0.4 is 0 Å². The highest BCUT2D eigenvalue weighted by Crippen LogP contribution is 2.43. The lowest BCUT2D eigenvalue weighted by atomic mass is 10.0. The molecule has 0 heterocycles. The minimum Gasteiger partial charge on any atom is -0.462 e. The van der Waals surface area contributed by atoms with Crippen LogP contribution in [0.15, 0.2) is 12.2 Å². The molecule has 0 bridgehead atoms. The number of unbranched alkanes of at least 4 members (excludes halogenated alkanes) is 13. The Morgan fingerprint density at radius 2 is 1.15 bits per heavy atom. The first-order valence-electron chi connectivity index (χ1n) is 19.9. The Bertz CT molecular complexity index is 1070. The van der Waals surface area contributed by atoms with Crippen LogP contribution >= 0.6 is 15.6 Å². The molecule has 0 aromatic rings. The molecule has 0 amide bonds. The van der Waals surface area contributed by atoms with Crippen molar-refractivity contribution in [3.63, 3.8) is 0 Å². The minimum absolute atomic E-state index is 0.0346. The van der Waals surface area contributed by atoms with E-state index in [1.165, 1.54) is 25.7 Å². The lowest BCUT2D eigenvalue weighted by Crippen LogP contribution is -2.30. The molecule has 0 aliphatic heterocycles. The van der Waals surface area contributed by atoms with Crippen LogP contribution in [-0.4, -0.2) is 92.8 Å². The summed E-state index contributed by atoms with van der Waals surface area (Å²) in [5.74, 6) is -0.432. The van der Waals surface area contributed by atoms with Crippen molar-refractivity contribution in [2.75, 3.05) is 26.4 Å². The molecule has 0 aromatic carbocycles. The zero-order chi connectivity index (χ0) is 40.7. The summed E-state index contributed by atoms with van der Waals surface area (Å²) in [6.07, 6.45) is 17.0. The number of ether oxygens (including phenoxy) is 2. The van der Waals surface area contributed by atoms with E-state index in [0.29, 0.717) is 38.0 Å². The van der Waals surface area contributed by atoms with Crippen LogP contribution in [0.2, 0.25) is 0 Å². The van der Waals surface area contributed by atoms with Crippen molar-refractivity contribution in [2.24, 2.45) is 5.92 Å². The quantitative estimate of drug-likeness (QED) is 0.0157. The average molecular weight is 819 g/mol. The first-order chi connectivity index (χ1) is 25.5. The maximum Gasteiger partial charge on any atom is 0.472 e. The second-order valence-corrected chi connectivity index (χ2v) is 17.0. The van der Waals surface area contributed by atoms with Crippen LogP contribution in [0.5, 0.6) is 0 Å². The van der Waals surface area contributed by atoms with Crippen LogP contribution in [-0.2, 0) is 41.8 Å². The standard InChI is InChI=1S/C37H72O15P2/c1-4-5-6-7-13-18-23-34(39)35(40)24-19-14-11-16-21-26-37(42)52-33(30-51-54(46,47)50-28-32(38)27-49-53(43,44)45)29-48-36(41)25-20-15-10-8-9-12-17-22-31(2)3/h13,18,31-35,38-40H,4-12,14-17,19-30H2,1-3H3,(H,46,47)(H2,43,44,45)/b18-13-/t32-,33+,34-,35-/m0/s1. The van der Waals surface area contributed by atoms with Gasteiger partial charge in [0.25, 0.3) is 0 Å². The number of hydrogen-bond donors (Lipinski definition) is 6. The molecule has 6 N–H and O–H groups in total. The predicted molar refractivity (Wildman–Crippen MR) is 205 cm³/mol. The van der Waals surface area contributed by atoms with Crippen LogP contribution in [0.1, 0.15) is 156 Å². The number of hydrogen-bond acceptors (Lipinski definition) is 12. The van der Waals surface area contributed by atoms with Crippen molar-refractivity contribution in [1.82, 2.24) is 0 Å². The van der Waals surface area contributed by atoms with E-state index in [4.69, 9.17) is 23.8 Å². The molecule has 0 fully saturated rings. The summed E-state index contributed by atoms with van der Waals surface area (Å²) in [4.78, 5) is 52.5. The Kier molecular flexibility index (Phi) is 32.1. The second kappa shape index (κ2) is 32.8. The summed E-state index contributed by atoms with van der Waals surface area (Å²) in [5, 5.41) is 30.1. The number of phosphoric acid groups is 2. The third kappa shape index (κ3) is 35.2. The van der Waals surface area contributed by atoms with Gasteiger partial charge in [-0.3, -0.25) is 23.2 Å². The lowest BCUT2D eigenvalue weighted by molar-refractivity contribution is -0.161. The summed E-state index contributed by atoms with van der Waals surface area (Å²) in [6, 6.07) is 0. The van der Waals surface area contributed by atoms with Gasteiger partial charge in [0.1, 0.15) is 12.7 Å². The molecule has 320 valence electrons. The molecular weight excluding hydrogens is 746 g/mol. The molecule has 15 nitrogen and oxygen atoms in total. The maximum atomic E-state index is 12.6. The van der Waals surface area contributed by atoms with Gasteiger partial charge in [-0.25, -0.2) is 9.13 Å². The van der Waals surface area contributed by atoms with E-state index < -0.39 is 78.4 Å². The number of rotatable bonds is 37. The third-order valence-electron chi connectivity index (χ3n) is 8.52. The molecule has 54 heavy (non-hydrogen) atoms. The topological polar surface area (TPSA) is 236 Å². The second-order valence-electron chi connectivity index (χ2n) is 14.3. The van der Waals surface area contributed by atoms with Crippen molar-refractivity contribution < 1.29 is 71.8 Å². The van der Waals surface area contributed by atoms with Crippen molar-refractivity contribution in [3.8, 4) is 0 Å². The fourth-order valence-corrected chi connectivity index (χ4v) is 6.48. The Labute approximate surface area is 323 Å². The first kappa shape index (κ1) is 52.8. The number of aliphatic hydroxyl groups is 3. The molecule has 0 aliphatic carbocycles. The highest BCUT2D eigenvalue weighted by atomic mass is 31.2. The van der Waals surface area contributed by atoms with E-state index in [2.05, 4.69) is 29.8 Å². The summed E-state index contributed by atoms with van der Waals surface area (Å²) in [7, 11) is -9.71. The molecule has 0 aliphatic rings. The van der Waals surface area contributed by atoms with Gasteiger partial charge >= 0.3 is 27.6 Å². The SMILES string of the molecule is CCCCC/C=C\C[C@H](O)[C@@H](O)CCCCCCCC(=O)O[C@H](COC(=O)CCCCCCCCCC(C)C)COP(=O)(O)OC[C@@H](O)COP(=O)(O)O. The Balaban J connectivity index is 4.68. The van der Waals surface area contributed by atoms with E-state index in [1.807, 2.05) is 12.2 Å². The van der Waals surface area contributed by atoms with Gasteiger partial charge in [-0.05, 0) is 44.4 Å². The first-order valence-corrected chi connectivity index (χ1v) is 22.9. The Hall–Kier alpha value is -1.22. The fraction of sp³-hybridized carbons (Fsp3) is 0.892. The predicted octanol–water partition coefficient (Wildman–Crippen LogP) is 7.19. The van der Waals surface area contributed by atoms with E-state index in [-0.39, 0.29) is 12.8 Å². The van der Waals surface area contributed by atoms with Crippen LogP contribution in [0.3, 0.4) is 0 Å². The Morgan fingerprint density at radius 3 is 1.74 bits per heavy atom.